The van der Waals surface area contributed by atoms with Crippen LogP contribution >= 0.6 is 0 Å². The number of hydrogen-bond acceptors (Lipinski definition) is 2. The number of amides is 1. The molecule has 0 spiro atoms. The first kappa shape index (κ1) is 11.5. The van der Waals surface area contributed by atoms with Gasteiger partial charge in [-0.1, -0.05) is 26.2 Å². The zero-order valence-corrected chi connectivity index (χ0v) is 9.09. The second kappa shape index (κ2) is 6.02. The van der Waals surface area contributed by atoms with Crippen molar-refractivity contribution in [3.05, 3.63) is 0 Å². The molecule has 0 heterocycles. The minimum atomic E-state index is 0.113. The highest BCUT2D eigenvalue weighted by molar-refractivity contribution is 5.78. The average Bonchev–Trinajstić information content (AvgIpc) is 2.26. The third-order valence-electron chi connectivity index (χ3n) is 3.04. The summed E-state index contributed by atoms with van der Waals surface area (Å²) in [5.74, 6) is 0.474. The Morgan fingerprint density at radius 1 is 1.43 bits per heavy atom. The summed E-state index contributed by atoms with van der Waals surface area (Å²) >= 11 is 0. The van der Waals surface area contributed by atoms with Gasteiger partial charge in [0, 0.05) is 18.5 Å². The molecule has 0 bridgehead atoms. The molecule has 1 aliphatic carbocycles. The Morgan fingerprint density at radius 3 is 2.64 bits per heavy atom. The molecule has 1 atom stereocenters. The van der Waals surface area contributed by atoms with Crippen LogP contribution in [0.15, 0.2) is 0 Å². The number of carbonyl (C=O) groups excluding carboxylic acids is 1. The van der Waals surface area contributed by atoms with Gasteiger partial charge in [0.05, 0.1) is 0 Å². The smallest absolute Gasteiger partial charge is 0.223 e. The summed E-state index contributed by atoms with van der Waals surface area (Å²) in [6.07, 6.45) is 6.75. The fourth-order valence-electron chi connectivity index (χ4n) is 1.89. The molecule has 0 saturated heterocycles. The van der Waals surface area contributed by atoms with Crippen molar-refractivity contribution in [1.29, 1.82) is 0 Å². The van der Waals surface area contributed by atoms with E-state index in [1.165, 1.54) is 19.3 Å². The van der Waals surface area contributed by atoms with E-state index in [0.29, 0.717) is 6.54 Å². The molecule has 0 radical (unpaired) electrons. The highest BCUT2D eigenvalue weighted by Gasteiger charge is 2.20. The molecule has 3 heteroatoms. The van der Waals surface area contributed by atoms with Crippen LogP contribution in [0.3, 0.4) is 0 Å². The van der Waals surface area contributed by atoms with E-state index >= 15 is 0 Å². The highest BCUT2D eigenvalue weighted by atomic mass is 16.1. The summed E-state index contributed by atoms with van der Waals surface area (Å²) in [4.78, 5) is 11.7. The van der Waals surface area contributed by atoms with Crippen LogP contribution in [0.1, 0.15) is 45.4 Å². The van der Waals surface area contributed by atoms with E-state index in [1.807, 2.05) is 6.92 Å². The average molecular weight is 198 g/mol. The maximum atomic E-state index is 11.7. The second-order valence-electron chi connectivity index (χ2n) is 4.25. The maximum absolute atomic E-state index is 11.7. The monoisotopic (exact) mass is 198 g/mol. The third kappa shape index (κ3) is 3.66. The first-order chi connectivity index (χ1) is 6.74. The van der Waals surface area contributed by atoms with Crippen molar-refractivity contribution in [3.63, 3.8) is 0 Å². The molecule has 1 rings (SSSR count). The van der Waals surface area contributed by atoms with Crippen molar-refractivity contribution in [2.75, 3.05) is 6.54 Å². The van der Waals surface area contributed by atoms with E-state index < -0.39 is 0 Å². The zero-order valence-electron chi connectivity index (χ0n) is 9.09. The summed E-state index contributed by atoms with van der Waals surface area (Å²) in [6, 6.07) is 0.113. The van der Waals surface area contributed by atoms with Gasteiger partial charge in [0.15, 0.2) is 0 Å². The Morgan fingerprint density at radius 2 is 2.07 bits per heavy atom. The summed E-state index contributed by atoms with van der Waals surface area (Å²) in [5.41, 5.74) is 5.74. The predicted molar refractivity (Wildman–Crippen MR) is 57.9 cm³/mol. The van der Waals surface area contributed by atoms with E-state index in [2.05, 4.69) is 5.32 Å². The van der Waals surface area contributed by atoms with E-state index in [-0.39, 0.29) is 17.9 Å². The molecule has 1 fully saturated rings. The maximum Gasteiger partial charge on any atom is 0.223 e. The third-order valence-corrected chi connectivity index (χ3v) is 3.04. The Hall–Kier alpha value is -0.570. The minimum Gasteiger partial charge on any atom is -0.354 e. The van der Waals surface area contributed by atoms with Crippen LogP contribution in [0.5, 0.6) is 0 Å². The van der Waals surface area contributed by atoms with Crippen LogP contribution < -0.4 is 11.1 Å². The number of nitrogens with one attached hydrogen (secondary N) is 1. The van der Waals surface area contributed by atoms with Gasteiger partial charge in [-0.05, 0) is 19.3 Å². The van der Waals surface area contributed by atoms with Crippen LogP contribution in [0.4, 0.5) is 0 Å². The highest BCUT2D eigenvalue weighted by Crippen LogP contribution is 2.23. The number of nitrogens with two attached hydrogens (primary N) is 1. The molecule has 3 N–H and O–H groups in total. The molecule has 1 unspecified atom stereocenters. The van der Waals surface area contributed by atoms with E-state index in [4.69, 9.17) is 5.73 Å². The molecular weight excluding hydrogens is 176 g/mol. The largest absolute Gasteiger partial charge is 0.354 e. The van der Waals surface area contributed by atoms with Crippen LogP contribution in [0.2, 0.25) is 0 Å². The van der Waals surface area contributed by atoms with E-state index in [1.54, 1.807) is 0 Å². The number of carbonyl (C=O) groups is 1. The minimum absolute atomic E-state index is 0.113. The van der Waals surface area contributed by atoms with Gasteiger partial charge in [-0.25, -0.2) is 0 Å². The van der Waals surface area contributed by atoms with Crippen LogP contribution in [-0.2, 0) is 4.79 Å². The summed E-state index contributed by atoms with van der Waals surface area (Å²) in [7, 11) is 0. The molecular formula is C11H22N2O. The summed E-state index contributed by atoms with van der Waals surface area (Å²) in [6.45, 7) is 2.67. The molecule has 1 aliphatic rings. The Bertz CT molecular complexity index is 176. The molecule has 3 nitrogen and oxygen atoms in total. The molecule has 0 aliphatic heterocycles. The van der Waals surface area contributed by atoms with Gasteiger partial charge in [-0.15, -0.1) is 0 Å². The lowest BCUT2D eigenvalue weighted by Gasteiger charge is -2.21. The van der Waals surface area contributed by atoms with Gasteiger partial charge in [0.2, 0.25) is 5.91 Å². The molecule has 14 heavy (non-hydrogen) atoms. The molecule has 0 aromatic carbocycles. The Labute approximate surface area is 86.4 Å². The lowest BCUT2D eigenvalue weighted by atomic mass is 9.88. The molecule has 0 aromatic heterocycles. The first-order valence-electron chi connectivity index (χ1n) is 5.77. The van der Waals surface area contributed by atoms with Gasteiger partial charge in [0.25, 0.3) is 0 Å². The SMILES string of the molecule is CCC(N)CNC(=O)C1CCCCC1. The van der Waals surface area contributed by atoms with Crippen molar-refractivity contribution >= 4 is 5.91 Å². The van der Waals surface area contributed by atoms with Gasteiger partial charge < -0.3 is 11.1 Å². The first-order valence-corrected chi connectivity index (χ1v) is 5.77. The summed E-state index contributed by atoms with van der Waals surface area (Å²) < 4.78 is 0. The van der Waals surface area contributed by atoms with Gasteiger partial charge in [0.1, 0.15) is 0 Å². The van der Waals surface area contributed by atoms with Crippen molar-refractivity contribution in [3.8, 4) is 0 Å². The fraction of sp³-hybridized carbons (Fsp3) is 0.909. The van der Waals surface area contributed by atoms with Crippen molar-refractivity contribution in [1.82, 2.24) is 5.32 Å². The standard InChI is InChI=1S/C11H22N2O/c1-2-10(12)8-13-11(14)9-6-4-3-5-7-9/h9-10H,2-8,12H2,1H3,(H,13,14). The topological polar surface area (TPSA) is 55.1 Å². The molecule has 0 aromatic rings. The molecule has 1 amide bonds. The van der Waals surface area contributed by atoms with E-state index in [9.17, 15) is 4.79 Å². The number of rotatable bonds is 4. The zero-order chi connectivity index (χ0) is 10.4. The normalized spacial score (nSPS) is 20.4. The Kier molecular flexibility index (Phi) is 4.94. The van der Waals surface area contributed by atoms with Crippen molar-refractivity contribution < 1.29 is 4.79 Å². The van der Waals surface area contributed by atoms with Crippen molar-refractivity contribution in [2.24, 2.45) is 11.7 Å². The van der Waals surface area contributed by atoms with Gasteiger partial charge in [-0.2, -0.15) is 0 Å². The summed E-state index contributed by atoms with van der Waals surface area (Å²) in [5, 5.41) is 2.94. The van der Waals surface area contributed by atoms with Crippen LogP contribution in [0, 0.1) is 5.92 Å². The lowest BCUT2D eigenvalue weighted by Crippen LogP contribution is -2.40. The molecule has 82 valence electrons. The van der Waals surface area contributed by atoms with Crippen LogP contribution in [-0.4, -0.2) is 18.5 Å². The van der Waals surface area contributed by atoms with Gasteiger partial charge in [-0.3, -0.25) is 4.79 Å². The molecule has 1 saturated carbocycles. The van der Waals surface area contributed by atoms with Crippen LogP contribution in [0.25, 0.3) is 0 Å². The predicted octanol–water partition coefficient (Wildman–Crippen LogP) is 1.42. The Balaban J connectivity index is 2.19. The lowest BCUT2D eigenvalue weighted by molar-refractivity contribution is -0.125. The number of hydrogen-bond donors (Lipinski definition) is 2. The van der Waals surface area contributed by atoms with Crippen molar-refractivity contribution in [2.45, 2.75) is 51.5 Å². The quantitative estimate of drug-likeness (QED) is 0.718. The second-order valence-corrected chi connectivity index (χ2v) is 4.25. The van der Waals surface area contributed by atoms with E-state index in [0.717, 1.165) is 19.3 Å². The van der Waals surface area contributed by atoms with Gasteiger partial charge >= 0.3 is 0 Å². The fourth-order valence-corrected chi connectivity index (χ4v) is 1.89.